The van der Waals surface area contributed by atoms with Crippen LogP contribution < -0.4 is 0 Å². The minimum absolute atomic E-state index is 0.00667. The van der Waals surface area contributed by atoms with Crippen molar-refractivity contribution in [1.29, 1.82) is 0 Å². The van der Waals surface area contributed by atoms with Crippen LogP contribution in [-0.4, -0.2) is 17.5 Å². The summed E-state index contributed by atoms with van der Waals surface area (Å²) in [6.07, 6.45) is 0.163. The number of ether oxygens (including phenoxy) is 1. The van der Waals surface area contributed by atoms with Crippen LogP contribution in [0.5, 0.6) is 0 Å². The molecule has 4 aromatic rings. The molecule has 0 aliphatic rings. The average molecular weight is 496 g/mol. The van der Waals surface area contributed by atoms with Crippen molar-refractivity contribution in [3.63, 3.8) is 0 Å². The predicted molar refractivity (Wildman–Crippen MR) is 147 cm³/mol. The van der Waals surface area contributed by atoms with Crippen molar-refractivity contribution in [2.75, 3.05) is 6.61 Å². The van der Waals surface area contributed by atoms with Gasteiger partial charge in [-0.1, -0.05) is 91.0 Å². The van der Waals surface area contributed by atoms with Crippen LogP contribution in [0.1, 0.15) is 54.6 Å². The summed E-state index contributed by atoms with van der Waals surface area (Å²) in [5.74, 6) is -0.550. The van der Waals surface area contributed by atoms with Gasteiger partial charge in [-0.2, -0.15) is 0 Å². The standard InChI is InChI=1S/C33H34FNO2/c1-4-37-33(36)22-32(28-19-20-31(34)30(21-28)29-18-12-11-13-24(29)2)35(23-26-14-7-5-8-15-26)25(3)27-16-9-6-10-17-27/h5-21,25,32H,4,22-23H2,1-3H3/t25-,32?/m1/s1. The van der Waals surface area contributed by atoms with E-state index in [0.717, 1.165) is 27.8 Å². The summed E-state index contributed by atoms with van der Waals surface area (Å²) in [7, 11) is 0. The molecule has 0 amide bonds. The van der Waals surface area contributed by atoms with E-state index in [-0.39, 0.29) is 30.3 Å². The minimum Gasteiger partial charge on any atom is -0.466 e. The Morgan fingerprint density at radius 3 is 2.16 bits per heavy atom. The van der Waals surface area contributed by atoms with Gasteiger partial charge in [-0.15, -0.1) is 0 Å². The number of halogens is 1. The average Bonchev–Trinajstić information content (AvgIpc) is 2.92. The van der Waals surface area contributed by atoms with Crippen molar-refractivity contribution in [1.82, 2.24) is 4.90 Å². The molecule has 0 N–H and O–H groups in total. The van der Waals surface area contributed by atoms with Crippen molar-refractivity contribution in [3.05, 3.63) is 131 Å². The number of nitrogens with zero attached hydrogens (tertiary/aromatic N) is 1. The smallest absolute Gasteiger partial charge is 0.307 e. The van der Waals surface area contributed by atoms with E-state index in [2.05, 4.69) is 36.1 Å². The summed E-state index contributed by atoms with van der Waals surface area (Å²) >= 11 is 0. The molecule has 3 nitrogen and oxygen atoms in total. The van der Waals surface area contributed by atoms with E-state index >= 15 is 4.39 Å². The normalized spacial score (nSPS) is 12.8. The molecule has 37 heavy (non-hydrogen) atoms. The maximum Gasteiger partial charge on any atom is 0.307 e. The van der Waals surface area contributed by atoms with Gasteiger partial charge in [-0.05, 0) is 60.7 Å². The van der Waals surface area contributed by atoms with Crippen LogP contribution in [0.25, 0.3) is 11.1 Å². The van der Waals surface area contributed by atoms with E-state index in [1.54, 1.807) is 6.07 Å². The van der Waals surface area contributed by atoms with Gasteiger partial charge in [0.1, 0.15) is 5.82 Å². The van der Waals surface area contributed by atoms with Gasteiger partial charge in [0.15, 0.2) is 0 Å². The van der Waals surface area contributed by atoms with Crippen LogP contribution in [-0.2, 0) is 16.1 Å². The highest BCUT2D eigenvalue weighted by Gasteiger charge is 2.29. The molecule has 4 aromatic carbocycles. The van der Waals surface area contributed by atoms with Crippen molar-refractivity contribution < 1.29 is 13.9 Å². The van der Waals surface area contributed by atoms with Gasteiger partial charge in [-0.25, -0.2) is 4.39 Å². The summed E-state index contributed by atoms with van der Waals surface area (Å²) in [6.45, 7) is 6.89. The first-order valence-electron chi connectivity index (χ1n) is 12.8. The largest absolute Gasteiger partial charge is 0.466 e. The fourth-order valence-corrected chi connectivity index (χ4v) is 4.87. The molecule has 1 unspecified atom stereocenters. The molecule has 0 heterocycles. The molecule has 0 aliphatic heterocycles. The van der Waals surface area contributed by atoms with Crippen molar-refractivity contribution in [2.24, 2.45) is 0 Å². The van der Waals surface area contributed by atoms with Gasteiger partial charge < -0.3 is 4.74 Å². The van der Waals surface area contributed by atoms with Gasteiger partial charge in [0.25, 0.3) is 0 Å². The summed E-state index contributed by atoms with van der Waals surface area (Å²) in [5.41, 5.74) is 5.55. The Labute approximate surface area is 219 Å². The van der Waals surface area contributed by atoms with Gasteiger partial charge in [0, 0.05) is 24.2 Å². The zero-order valence-electron chi connectivity index (χ0n) is 21.7. The second kappa shape index (κ2) is 12.5. The third-order valence-corrected chi connectivity index (χ3v) is 6.86. The summed E-state index contributed by atoms with van der Waals surface area (Å²) in [6, 6.07) is 33.2. The van der Waals surface area contributed by atoms with Gasteiger partial charge in [0.05, 0.1) is 13.0 Å². The third kappa shape index (κ3) is 6.52. The molecule has 4 heteroatoms. The molecule has 4 rings (SSSR count). The topological polar surface area (TPSA) is 29.5 Å². The molecule has 0 spiro atoms. The Morgan fingerprint density at radius 2 is 1.49 bits per heavy atom. The summed E-state index contributed by atoms with van der Waals surface area (Å²) in [4.78, 5) is 15.2. The molecule has 0 saturated heterocycles. The monoisotopic (exact) mass is 495 g/mol. The highest BCUT2D eigenvalue weighted by Crippen LogP contribution is 2.37. The third-order valence-electron chi connectivity index (χ3n) is 6.86. The predicted octanol–water partition coefficient (Wildman–Crippen LogP) is 8.06. The van der Waals surface area contributed by atoms with Crippen molar-refractivity contribution in [2.45, 2.75) is 45.8 Å². The molecule has 0 aliphatic carbocycles. The van der Waals surface area contributed by atoms with Crippen LogP contribution in [0.2, 0.25) is 0 Å². The SMILES string of the molecule is CCOC(=O)CC(c1ccc(F)c(-c2ccccc2C)c1)N(Cc1ccccc1)[C@H](C)c1ccccc1. The molecule has 0 saturated carbocycles. The highest BCUT2D eigenvalue weighted by atomic mass is 19.1. The van der Waals surface area contributed by atoms with E-state index in [4.69, 9.17) is 4.74 Å². The first-order valence-corrected chi connectivity index (χ1v) is 12.8. The number of esters is 1. The lowest BCUT2D eigenvalue weighted by Gasteiger charge is -2.37. The molecule has 0 fully saturated rings. The summed E-state index contributed by atoms with van der Waals surface area (Å²) in [5, 5.41) is 0. The van der Waals surface area contributed by atoms with Crippen LogP contribution >= 0.6 is 0 Å². The maximum atomic E-state index is 15.1. The molecule has 0 radical (unpaired) electrons. The highest BCUT2D eigenvalue weighted by molar-refractivity contribution is 5.72. The van der Waals surface area contributed by atoms with Crippen LogP contribution in [0.4, 0.5) is 4.39 Å². The summed E-state index contributed by atoms with van der Waals surface area (Å²) < 4.78 is 20.5. The van der Waals surface area contributed by atoms with E-state index < -0.39 is 0 Å². The van der Waals surface area contributed by atoms with Crippen LogP contribution in [0, 0.1) is 12.7 Å². The molecule has 0 aromatic heterocycles. The first kappa shape index (κ1) is 26.3. The molecule has 0 bridgehead atoms. The maximum absolute atomic E-state index is 15.1. The molecule has 2 atom stereocenters. The number of carbonyl (C=O) groups excluding carboxylic acids is 1. The van der Waals surface area contributed by atoms with Gasteiger partial charge in [0.2, 0.25) is 0 Å². The van der Waals surface area contributed by atoms with Gasteiger partial charge in [-0.3, -0.25) is 9.69 Å². The number of hydrogen-bond donors (Lipinski definition) is 0. The fourth-order valence-electron chi connectivity index (χ4n) is 4.87. The van der Waals surface area contributed by atoms with E-state index in [1.807, 2.05) is 80.6 Å². The quantitative estimate of drug-likeness (QED) is 0.208. The lowest BCUT2D eigenvalue weighted by molar-refractivity contribution is -0.145. The Balaban J connectivity index is 1.83. The Bertz CT molecular complexity index is 1310. The number of rotatable bonds is 10. The molecule has 190 valence electrons. The van der Waals surface area contributed by atoms with Crippen LogP contribution in [0.15, 0.2) is 103 Å². The van der Waals surface area contributed by atoms with E-state index in [0.29, 0.717) is 18.7 Å². The Hall–Kier alpha value is -3.76. The zero-order chi connectivity index (χ0) is 26.2. The number of carbonyl (C=O) groups is 1. The second-order valence-electron chi connectivity index (χ2n) is 9.32. The lowest BCUT2D eigenvalue weighted by atomic mass is 9.92. The Morgan fingerprint density at radius 1 is 0.838 bits per heavy atom. The van der Waals surface area contributed by atoms with Gasteiger partial charge >= 0.3 is 5.97 Å². The fraction of sp³-hybridized carbons (Fsp3) is 0.242. The second-order valence-corrected chi connectivity index (χ2v) is 9.32. The number of hydrogen-bond acceptors (Lipinski definition) is 3. The Kier molecular flexibility index (Phi) is 8.86. The van der Waals surface area contributed by atoms with E-state index in [1.165, 1.54) is 6.07 Å². The van der Waals surface area contributed by atoms with E-state index in [9.17, 15) is 4.79 Å². The number of benzene rings is 4. The zero-order valence-corrected chi connectivity index (χ0v) is 21.7. The van der Waals surface area contributed by atoms with Crippen LogP contribution in [0.3, 0.4) is 0 Å². The van der Waals surface area contributed by atoms with Crippen molar-refractivity contribution in [3.8, 4) is 11.1 Å². The molecular formula is C33H34FNO2. The molecular weight excluding hydrogens is 461 g/mol. The first-order chi connectivity index (χ1) is 18.0. The number of aryl methyl sites for hydroxylation is 1. The lowest BCUT2D eigenvalue weighted by Crippen LogP contribution is -2.33. The van der Waals surface area contributed by atoms with Crippen molar-refractivity contribution >= 4 is 5.97 Å². The minimum atomic E-state index is -0.321.